The van der Waals surface area contributed by atoms with Crippen LogP contribution in [0.5, 0.6) is 5.75 Å². The molecule has 0 spiro atoms. The first kappa shape index (κ1) is 14.4. The summed E-state index contributed by atoms with van der Waals surface area (Å²) in [7, 11) is 0. The van der Waals surface area contributed by atoms with E-state index in [9.17, 15) is 4.79 Å². The van der Waals surface area contributed by atoms with Crippen molar-refractivity contribution in [3.05, 3.63) is 71.9 Å². The van der Waals surface area contributed by atoms with Crippen molar-refractivity contribution < 1.29 is 14.3 Å². The minimum absolute atomic E-state index is 0.161. The second-order valence-electron chi connectivity index (χ2n) is 4.98. The van der Waals surface area contributed by atoms with Crippen LogP contribution in [0.1, 0.15) is 15.9 Å². The van der Waals surface area contributed by atoms with Crippen LogP contribution >= 0.6 is 0 Å². The Hall–Kier alpha value is -2.59. The van der Waals surface area contributed by atoms with Crippen molar-refractivity contribution in [3.8, 4) is 5.75 Å². The van der Waals surface area contributed by atoms with E-state index in [1.165, 1.54) is 0 Å². The van der Waals surface area contributed by atoms with Gasteiger partial charge in [0.2, 0.25) is 0 Å². The summed E-state index contributed by atoms with van der Waals surface area (Å²) in [6.45, 7) is 1.21. The summed E-state index contributed by atoms with van der Waals surface area (Å²) in [4.78, 5) is 12.2. The number of hydrogen-bond acceptors (Lipinski definition) is 3. The summed E-state index contributed by atoms with van der Waals surface area (Å²) in [5.41, 5.74) is 1.54. The molecule has 1 amide bonds. The van der Waals surface area contributed by atoms with Gasteiger partial charge in [-0.05, 0) is 23.8 Å². The third-order valence-corrected chi connectivity index (χ3v) is 3.25. The van der Waals surface area contributed by atoms with Gasteiger partial charge in [0, 0.05) is 6.20 Å². The first-order valence-electron chi connectivity index (χ1n) is 7.19. The fourth-order valence-electron chi connectivity index (χ4n) is 1.98. The molecule has 1 fully saturated rings. The van der Waals surface area contributed by atoms with Crippen LogP contribution in [0.15, 0.2) is 60.8 Å². The summed E-state index contributed by atoms with van der Waals surface area (Å²) in [6.07, 6.45) is 3.65. The van der Waals surface area contributed by atoms with Crippen LogP contribution in [0.2, 0.25) is 0 Å². The molecule has 22 heavy (non-hydrogen) atoms. The summed E-state index contributed by atoms with van der Waals surface area (Å²) in [5, 5.41) is 2.76. The molecule has 112 valence electrons. The molecular weight excluding hydrogens is 278 g/mol. The van der Waals surface area contributed by atoms with E-state index in [0.717, 1.165) is 12.2 Å². The van der Waals surface area contributed by atoms with Crippen LogP contribution in [0.25, 0.3) is 6.08 Å². The Bertz CT molecular complexity index is 663. The van der Waals surface area contributed by atoms with Gasteiger partial charge in [-0.1, -0.05) is 42.5 Å². The lowest BCUT2D eigenvalue weighted by atomic mass is 10.2. The van der Waals surface area contributed by atoms with Gasteiger partial charge in [-0.2, -0.15) is 0 Å². The smallest absolute Gasteiger partial charge is 0.258 e. The maximum atomic E-state index is 12.2. The normalized spacial score (nSPS) is 16.5. The van der Waals surface area contributed by atoms with E-state index in [-0.39, 0.29) is 12.0 Å². The second-order valence-corrected chi connectivity index (χ2v) is 4.98. The molecule has 2 aromatic carbocycles. The quantitative estimate of drug-likeness (QED) is 0.834. The Morgan fingerprint density at radius 3 is 2.68 bits per heavy atom. The van der Waals surface area contributed by atoms with E-state index in [0.29, 0.717) is 17.9 Å². The summed E-state index contributed by atoms with van der Waals surface area (Å²) < 4.78 is 10.7. The van der Waals surface area contributed by atoms with Gasteiger partial charge in [-0.15, -0.1) is 0 Å². The Kier molecular flexibility index (Phi) is 4.51. The molecule has 0 aromatic heterocycles. The average molecular weight is 295 g/mol. The molecular formula is C18H17NO3. The Morgan fingerprint density at radius 2 is 1.91 bits per heavy atom. The van der Waals surface area contributed by atoms with Gasteiger partial charge >= 0.3 is 0 Å². The molecule has 1 aliphatic rings. The van der Waals surface area contributed by atoms with E-state index < -0.39 is 0 Å². The van der Waals surface area contributed by atoms with Gasteiger partial charge in [0.1, 0.15) is 18.5 Å². The number of nitrogens with one attached hydrogen (secondary N) is 1. The number of rotatable bonds is 6. The van der Waals surface area contributed by atoms with Gasteiger partial charge in [0.25, 0.3) is 5.91 Å². The highest BCUT2D eigenvalue weighted by molar-refractivity contribution is 5.97. The van der Waals surface area contributed by atoms with Crippen LogP contribution in [-0.4, -0.2) is 25.2 Å². The molecule has 4 heteroatoms. The molecule has 1 atom stereocenters. The molecule has 0 radical (unpaired) electrons. The Labute approximate surface area is 129 Å². The number of carbonyl (C=O) groups excluding carboxylic acids is 1. The minimum atomic E-state index is -0.195. The summed E-state index contributed by atoms with van der Waals surface area (Å²) >= 11 is 0. The zero-order valence-electron chi connectivity index (χ0n) is 12.1. The predicted octanol–water partition coefficient (Wildman–Crippen LogP) is 2.86. The van der Waals surface area contributed by atoms with Gasteiger partial charge in [0.05, 0.1) is 12.2 Å². The highest BCUT2D eigenvalue weighted by Crippen LogP contribution is 2.20. The van der Waals surface area contributed by atoms with Crippen molar-refractivity contribution in [2.24, 2.45) is 0 Å². The lowest BCUT2D eigenvalue weighted by molar-refractivity contribution is 0.0965. The molecule has 1 aliphatic heterocycles. The number of benzene rings is 2. The molecule has 1 saturated heterocycles. The second kappa shape index (κ2) is 6.91. The lowest BCUT2D eigenvalue weighted by Gasteiger charge is -2.09. The number of para-hydroxylation sites is 1. The van der Waals surface area contributed by atoms with Crippen LogP contribution in [-0.2, 0) is 4.74 Å². The topological polar surface area (TPSA) is 50.9 Å². The van der Waals surface area contributed by atoms with Crippen LogP contribution in [0.3, 0.4) is 0 Å². The fourth-order valence-corrected chi connectivity index (χ4v) is 1.98. The summed E-state index contributed by atoms with van der Waals surface area (Å²) in [6, 6.07) is 17.0. The highest BCUT2D eigenvalue weighted by Gasteiger charge is 2.24. The maximum absolute atomic E-state index is 12.2. The molecule has 4 nitrogen and oxygen atoms in total. The zero-order valence-corrected chi connectivity index (χ0v) is 12.1. The highest BCUT2D eigenvalue weighted by atomic mass is 16.6. The molecule has 0 aliphatic carbocycles. The average Bonchev–Trinajstić information content (AvgIpc) is 3.38. The Balaban J connectivity index is 1.62. The van der Waals surface area contributed by atoms with Gasteiger partial charge < -0.3 is 14.8 Å². The number of hydrogen-bond donors (Lipinski definition) is 1. The van der Waals surface area contributed by atoms with Crippen molar-refractivity contribution in [3.63, 3.8) is 0 Å². The lowest BCUT2D eigenvalue weighted by Crippen LogP contribution is -2.18. The number of ether oxygens (including phenoxy) is 2. The molecule has 3 rings (SSSR count). The van der Waals surface area contributed by atoms with Crippen molar-refractivity contribution in [2.45, 2.75) is 6.10 Å². The first-order valence-corrected chi connectivity index (χ1v) is 7.19. The van der Waals surface area contributed by atoms with Crippen LogP contribution in [0, 0.1) is 0 Å². The van der Waals surface area contributed by atoms with Crippen molar-refractivity contribution in [1.82, 2.24) is 5.32 Å². The van der Waals surface area contributed by atoms with E-state index in [4.69, 9.17) is 9.47 Å². The van der Waals surface area contributed by atoms with E-state index in [1.807, 2.05) is 48.5 Å². The minimum Gasteiger partial charge on any atom is -0.490 e. The van der Waals surface area contributed by atoms with Gasteiger partial charge in [-0.3, -0.25) is 4.79 Å². The first-order chi connectivity index (χ1) is 10.8. The zero-order chi connectivity index (χ0) is 15.2. The SMILES string of the molecule is O=C(NC=Cc1ccccc1)c1ccccc1OCC1CO1. The van der Waals surface area contributed by atoms with Crippen molar-refractivity contribution in [1.29, 1.82) is 0 Å². The summed E-state index contributed by atoms with van der Waals surface area (Å²) in [5.74, 6) is 0.378. The molecule has 1 heterocycles. The molecule has 2 aromatic rings. The largest absolute Gasteiger partial charge is 0.490 e. The van der Waals surface area contributed by atoms with E-state index in [1.54, 1.807) is 18.3 Å². The van der Waals surface area contributed by atoms with Crippen LogP contribution in [0.4, 0.5) is 0 Å². The van der Waals surface area contributed by atoms with Gasteiger partial charge in [-0.25, -0.2) is 0 Å². The van der Waals surface area contributed by atoms with Crippen molar-refractivity contribution >= 4 is 12.0 Å². The predicted molar refractivity (Wildman–Crippen MR) is 84.6 cm³/mol. The third kappa shape index (κ3) is 3.96. The fraction of sp³-hybridized carbons (Fsp3) is 0.167. The standard InChI is InChI=1S/C18H17NO3/c20-18(19-11-10-14-6-2-1-3-7-14)16-8-4-5-9-17(16)22-13-15-12-21-15/h1-11,15H,12-13H2,(H,19,20). The van der Waals surface area contributed by atoms with Gasteiger partial charge in [0.15, 0.2) is 0 Å². The van der Waals surface area contributed by atoms with E-state index in [2.05, 4.69) is 5.32 Å². The van der Waals surface area contributed by atoms with Crippen molar-refractivity contribution in [2.75, 3.05) is 13.2 Å². The third-order valence-electron chi connectivity index (χ3n) is 3.25. The Morgan fingerprint density at radius 1 is 1.18 bits per heavy atom. The number of carbonyl (C=O) groups is 1. The maximum Gasteiger partial charge on any atom is 0.258 e. The monoisotopic (exact) mass is 295 g/mol. The molecule has 0 saturated carbocycles. The number of amides is 1. The molecule has 0 bridgehead atoms. The molecule has 1 unspecified atom stereocenters. The van der Waals surface area contributed by atoms with Crippen LogP contribution < -0.4 is 10.1 Å². The molecule has 1 N–H and O–H groups in total. The number of epoxide rings is 1. The van der Waals surface area contributed by atoms with E-state index >= 15 is 0 Å².